The monoisotopic (exact) mass is 938 g/mol. The molecular formula is C72H46N2. The first-order chi connectivity index (χ1) is 36.7. The van der Waals surface area contributed by atoms with Crippen molar-refractivity contribution in [3.63, 3.8) is 0 Å². The molecule has 16 rings (SSSR count). The lowest BCUT2D eigenvalue weighted by atomic mass is 9.64. The van der Waals surface area contributed by atoms with Gasteiger partial charge < -0.3 is 9.80 Å². The molecule has 12 aromatic carbocycles. The van der Waals surface area contributed by atoms with Crippen LogP contribution in [0.1, 0.15) is 44.5 Å². The highest BCUT2D eigenvalue weighted by atomic mass is 15.2. The standard InChI is InChI=1S/C72H46N2/c1-3-21-50(22-4-1)71-64-33-15-16-34-68(64)74(51-23-5-2-6-24-51)69-36-18-29-60(70(69)71)59-43-39-49(45-65(59)71)47-37-40-52(41-38-47)73(67-35-17-20-48-19-7-8-25-54(48)67)53-42-44-58-57-28-11-14-32-63(57)72(66(58)46-53)61-30-12-9-26-55(61)56-27-10-13-31-62(56)72/h1-46H. The Hall–Kier alpha value is -9.50. The van der Waals surface area contributed by atoms with E-state index >= 15 is 0 Å². The van der Waals surface area contributed by atoms with Crippen LogP contribution in [0.4, 0.5) is 34.1 Å². The number of benzene rings is 12. The molecule has 1 atom stereocenters. The van der Waals surface area contributed by atoms with Gasteiger partial charge in [0.05, 0.1) is 27.9 Å². The summed E-state index contributed by atoms with van der Waals surface area (Å²) in [4.78, 5) is 4.95. The van der Waals surface area contributed by atoms with Gasteiger partial charge in [0.25, 0.3) is 0 Å². The van der Waals surface area contributed by atoms with Crippen LogP contribution in [0.5, 0.6) is 0 Å². The van der Waals surface area contributed by atoms with Crippen LogP contribution in [-0.4, -0.2) is 0 Å². The van der Waals surface area contributed by atoms with Crippen LogP contribution >= 0.6 is 0 Å². The zero-order chi connectivity index (χ0) is 48.5. The summed E-state index contributed by atoms with van der Waals surface area (Å²) in [6.07, 6.45) is 0. The van der Waals surface area contributed by atoms with Crippen LogP contribution in [0.15, 0.2) is 279 Å². The molecule has 1 aliphatic heterocycles. The van der Waals surface area contributed by atoms with E-state index in [1.54, 1.807) is 0 Å². The van der Waals surface area contributed by atoms with Crippen LogP contribution in [0.3, 0.4) is 0 Å². The first-order valence-electron chi connectivity index (χ1n) is 25.8. The zero-order valence-electron chi connectivity index (χ0n) is 40.5. The molecule has 2 nitrogen and oxygen atoms in total. The second kappa shape index (κ2) is 15.5. The van der Waals surface area contributed by atoms with Crippen molar-refractivity contribution in [2.75, 3.05) is 9.80 Å². The molecule has 0 aromatic heterocycles. The molecule has 0 fully saturated rings. The smallest absolute Gasteiger partial charge is 0.0754 e. The lowest BCUT2D eigenvalue weighted by molar-refractivity contribution is 0.754. The van der Waals surface area contributed by atoms with Gasteiger partial charge in [-0.1, -0.05) is 218 Å². The van der Waals surface area contributed by atoms with Gasteiger partial charge >= 0.3 is 0 Å². The van der Waals surface area contributed by atoms with E-state index in [4.69, 9.17) is 0 Å². The van der Waals surface area contributed by atoms with Crippen molar-refractivity contribution in [2.24, 2.45) is 0 Å². The molecule has 1 unspecified atom stereocenters. The fourth-order valence-corrected chi connectivity index (χ4v) is 14.0. The van der Waals surface area contributed by atoms with E-state index in [-0.39, 0.29) is 0 Å². The van der Waals surface area contributed by atoms with Gasteiger partial charge in [-0.2, -0.15) is 0 Å². The third kappa shape index (κ3) is 5.39. The van der Waals surface area contributed by atoms with Gasteiger partial charge in [0, 0.05) is 28.0 Å². The molecule has 3 aliphatic carbocycles. The van der Waals surface area contributed by atoms with E-state index in [9.17, 15) is 0 Å². The van der Waals surface area contributed by atoms with Gasteiger partial charge in [-0.05, 0) is 150 Å². The Kier molecular flexibility index (Phi) is 8.62. The van der Waals surface area contributed by atoms with Crippen molar-refractivity contribution in [1.29, 1.82) is 0 Å². The summed E-state index contributed by atoms with van der Waals surface area (Å²) in [6.45, 7) is 0. The average Bonchev–Trinajstić information content (AvgIpc) is 4.07. The fourth-order valence-electron chi connectivity index (χ4n) is 14.0. The summed E-state index contributed by atoms with van der Waals surface area (Å²) in [6, 6.07) is 104. The summed E-state index contributed by atoms with van der Waals surface area (Å²) < 4.78 is 0. The minimum absolute atomic E-state index is 0.451. The molecule has 344 valence electrons. The molecule has 0 saturated carbocycles. The molecule has 0 amide bonds. The first kappa shape index (κ1) is 41.2. The minimum atomic E-state index is -0.531. The number of anilines is 6. The number of nitrogens with zero attached hydrogens (tertiary/aromatic N) is 2. The van der Waals surface area contributed by atoms with Gasteiger partial charge in [0.1, 0.15) is 0 Å². The van der Waals surface area contributed by atoms with E-state index in [0.717, 1.165) is 22.7 Å². The predicted octanol–water partition coefficient (Wildman–Crippen LogP) is 18.5. The molecule has 2 heteroatoms. The lowest BCUT2D eigenvalue weighted by Crippen LogP contribution is -2.35. The van der Waals surface area contributed by atoms with E-state index < -0.39 is 10.8 Å². The number of hydrogen-bond acceptors (Lipinski definition) is 2. The summed E-state index contributed by atoms with van der Waals surface area (Å²) in [5.41, 5.74) is 26.7. The number of para-hydroxylation sites is 2. The molecule has 74 heavy (non-hydrogen) atoms. The number of rotatable bonds is 6. The Bertz CT molecular complexity index is 4200. The molecule has 1 heterocycles. The van der Waals surface area contributed by atoms with E-state index in [2.05, 4.69) is 289 Å². The zero-order valence-corrected chi connectivity index (χ0v) is 40.5. The van der Waals surface area contributed by atoms with E-state index in [1.165, 1.54) is 111 Å². The van der Waals surface area contributed by atoms with Gasteiger partial charge in [0.2, 0.25) is 0 Å². The van der Waals surface area contributed by atoms with Crippen LogP contribution < -0.4 is 9.80 Å². The molecule has 0 saturated heterocycles. The third-order valence-electron chi connectivity index (χ3n) is 16.8. The summed E-state index contributed by atoms with van der Waals surface area (Å²) in [5.74, 6) is 0. The molecular weight excluding hydrogens is 893 g/mol. The maximum Gasteiger partial charge on any atom is 0.0754 e. The Balaban J connectivity index is 0.875. The van der Waals surface area contributed by atoms with Crippen molar-refractivity contribution in [3.05, 3.63) is 324 Å². The first-order valence-corrected chi connectivity index (χ1v) is 25.8. The second-order valence-electron chi connectivity index (χ2n) is 20.3. The summed E-state index contributed by atoms with van der Waals surface area (Å²) in [7, 11) is 0. The predicted molar refractivity (Wildman–Crippen MR) is 306 cm³/mol. The lowest BCUT2D eigenvalue weighted by Gasteiger charge is -2.44. The second-order valence-corrected chi connectivity index (χ2v) is 20.3. The Labute approximate surface area is 431 Å². The topological polar surface area (TPSA) is 6.48 Å². The highest BCUT2D eigenvalue weighted by Crippen LogP contribution is 2.66. The van der Waals surface area contributed by atoms with Crippen molar-refractivity contribution in [3.8, 4) is 44.5 Å². The maximum absolute atomic E-state index is 2.50. The SMILES string of the molecule is c1ccc(N2c3ccccc3C3(c4ccccc4)c4cc(-c5ccc(N(c6ccc7c(c6)C6(c8ccccc8-c8ccccc86)c6ccccc6-7)c6cccc7ccccc67)cc5)ccc4-c4cccc2c43)cc1. The number of fused-ring (bicyclic) bond motifs is 16. The van der Waals surface area contributed by atoms with Crippen molar-refractivity contribution in [1.82, 2.24) is 0 Å². The Morgan fingerprint density at radius 2 is 0.797 bits per heavy atom. The van der Waals surface area contributed by atoms with E-state index in [0.29, 0.717) is 0 Å². The van der Waals surface area contributed by atoms with Gasteiger partial charge in [-0.15, -0.1) is 0 Å². The summed E-state index contributed by atoms with van der Waals surface area (Å²) in [5, 5.41) is 2.41. The van der Waals surface area contributed by atoms with Crippen molar-refractivity contribution in [2.45, 2.75) is 10.8 Å². The fraction of sp³-hybridized carbons (Fsp3) is 0.0278. The quantitative estimate of drug-likeness (QED) is 0.164. The number of hydrogen-bond donors (Lipinski definition) is 0. The molecule has 0 bridgehead atoms. The normalized spacial score (nSPS) is 15.4. The summed E-state index contributed by atoms with van der Waals surface area (Å²) >= 11 is 0. The minimum Gasteiger partial charge on any atom is -0.310 e. The third-order valence-corrected chi connectivity index (χ3v) is 16.8. The molecule has 0 N–H and O–H groups in total. The van der Waals surface area contributed by atoms with E-state index in [1.807, 2.05) is 0 Å². The van der Waals surface area contributed by atoms with Gasteiger partial charge in [-0.3, -0.25) is 0 Å². The van der Waals surface area contributed by atoms with Crippen molar-refractivity contribution < 1.29 is 0 Å². The highest BCUT2D eigenvalue weighted by Gasteiger charge is 2.54. The van der Waals surface area contributed by atoms with Crippen LogP contribution in [0.25, 0.3) is 55.3 Å². The van der Waals surface area contributed by atoms with Crippen LogP contribution in [-0.2, 0) is 10.8 Å². The van der Waals surface area contributed by atoms with Crippen LogP contribution in [0.2, 0.25) is 0 Å². The Morgan fingerprint density at radius 1 is 0.297 bits per heavy atom. The molecule has 12 aromatic rings. The molecule has 4 aliphatic rings. The van der Waals surface area contributed by atoms with Gasteiger partial charge in [-0.25, -0.2) is 0 Å². The maximum atomic E-state index is 2.50. The Morgan fingerprint density at radius 3 is 1.53 bits per heavy atom. The largest absolute Gasteiger partial charge is 0.310 e. The van der Waals surface area contributed by atoms with Gasteiger partial charge in [0.15, 0.2) is 0 Å². The van der Waals surface area contributed by atoms with Crippen LogP contribution in [0, 0.1) is 0 Å². The average molecular weight is 939 g/mol. The molecule has 0 radical (unpaired) electrons. The molecule has 1 spiro atoms. The van der Waals surface area contributed by atoms with Crippen molar-refractivity contribution >= 4 is 44.9 Å². The highest BCUT2D eigenvalue weighted by molar-refractivity contribution is 6.03.